The van der Waals surface area contributed by atoms with Gasteiger partial charge in [0.25, 0.3) is 5.56 Å². The van der Waals surface area contributed by atoms with Gasteiger partial charge in [0, 0.05) is 5.69 Å². The third kappa shape index (κ3) is 4.60. The molecule has 4 aromatic rings. The van der Waals surface area contributed by atoms with E-state index in [-0.39, 0.29) is 17.2 Å². The van der Waals surface area contributed by atoms with Gasteiger partial charge in [0.05, 0.1) is 22.3 Å². The average molecular weight is 444 g/mol. The van der Waals surface area contributed by atoms with E-state index in [1.54, 1.807) is 10.6 Å². The number of anilines is 1. The number of aryl methyl sites for hydroxylation is 4. The van der Waals surface area contributed by atoms with Crippen molar-refractivity contribution in [1.82, 2.24) is 9.55 Å². The number of amides is 1. The number of thioether (sulfide) groups is 1. The number of aromatic nitrogens is 2. The van der Waals surface area contributed by atoms with E-state index in [0.29, 0.717) is 16.1 Å². The lowest BCUT2D eigenvalue weighted by Gasteiger charge is -2.14. The minimum Gasteiger partial charge on any atom is -0.325 e. The predicted molar refractivity (Wildman–Crippen MR) is 132 cm³/mol. The maximum absolute atomic E-state index is 13.4. The van der Waals surface area contributed by atoms with Crippen LogP contribution in [-0.4, -0.2) is 21.2 Å². The molecule has 1 aromatic heterocycles. The normalized spacial score (nSPS) is 11.0. The van der Waals surface area contributed by atoms with Crippen molar-refractivity contribution in [3.8, 4) is 5.69 Å². The number of fused-ring (bicyclic) bond motifs is 1. The molecule has 4 rings (SSSR count). The summed E-state index contributed by atoms with van der Waals surface area (Å²) in [6.45, 7) is 8.05. The summed E-state index contributed by atoms with van der Waals surface area (Å²) in [6.07, 6.45) is 0. The fraction of sp³-hybridized carbons (Fsp3) is 0.192. The van der Waals surface area contributed by atoms with Crippen LogP contribution in [0.15, 0.2) is 70.6 Å². The van der Waals surface area contributed by atoms with Crippen molar-refractivity contribution in [1.29, 1.82) is 0 Å². The highest BCUT2D eigenvalue weighted by molar-refractivity contribution is 7.99. The van der Waals surface area contributed by atoms with Crippen LogP contribution in [0.5, 0.6) is 0 Å². The molecule has 0 radical (unpaired) electrons. The number of rotatable bonds is 5. The Hall–Kier alpha value is -3.38. The fourth-order valence-corrected chi connectivity index (χ4v) is 4.48. The number of hydrogen-bond donors (Lipinski definition) is 1. The topological polar surface area (TPSA) is 64.0 Å². The van der Waals surface area contributed by atoms with E-state index < -0.39 is 0 Å². The van der Waals surface area contributed by atoms with E-state index >= 15 is 0 Å². The Labute approximate surface area is 191 Å². The molecule has 0 aliphatic carbocycles. The molecule has 0 fully saturated rings. The van der Waals surface area contributed by atoms with Gasteiger partial charge in [0.15, 0.2) is 5.16 Å². The minimum atomic E-state index is -0.146. The van der Waals surface area contributed by atoms with Gasteiger partial charge in [0.1, 0.15) is 0 Å². The molecule has 0 spiro atoms. The number of benzene rings is 3. The predicted octanol–water partition coefficient (Wildman–Crippen LogP) is 5.35. The van der Waals surface area contributed by atoms with Gasteiger partial charge in [-0.3, -0.25) is 14.2 Å². The number of carbonyl (C=O) groups excluding carboxylic acids is 1. The summed E-state index contributed by atoms with van der Waals surface area (Å²) >= 11 is 1.26. The summed E-state index contributed by atoms with van der Waals surface area (Å²) in [6, 6.07) is 19.1. The summed E-state index contributed by atoms with van der Waals surface area (Å²) in [5, 5.41) is 3.98. The lowest BCUT2D eigenvalue weighted by atomic mass is 10.1. The maximum atomic E-state index is 13.4. The van der Waals surface area contributed by atoms with E-state index in [1.165, 1.54) is 17.3 Å². The van der Waals surface area contributed by atoms with Crippen LogP contribution in [0, 0.1) is 27.7 Å². The van der Waals surface area contributed by atoms with Gasteiger partial charge in [-0.2, -0.15) is 0 Å². The monoisotopic (exact) mass is 443 g/mol. The van der Waals surface area contributed by atoms with Crippen LogP contribution in [0.4, 0.5) is 5.69 Å². The molecule has 32 heavy (non-hydrogen) atoms. The number of para-hydroxylation sites is 1. The number of hydrogen-bond acceptors (Lipinski definition) is 4. The van der Waals surface area contributed by atoms with Gasteiger partial charge >= 0.3 is 0 Å². The Balaban J connectivity index is 1.68. The Morgan fingerprint density at radius 1 is 0.938 bits per heavy atom. The molecule has 1 amide bonds. The lowest BCUT2D eigenvalue weighted by Crippen LogP contribution is -2.23. The van der Waals surface area contributed by atoms with Gasteiger partial charge in [-0.15, -0.1) is 0 Å². The smallest absolute Gasteiger partial charge is 0.266 e. The molecule has 3 aromatic carbocycles. The molecule has 0 atom stereocenters. The highest BCUT2D eigenvalue weighted by Gasteiger charge is 2.15. The van der Waals surface area contributed by atoms with Crippen LogP contribution in [0.25, 0.3) is 16.6 Å². The molecule has 6 heteroatoms. The van der Waals surface area contributed by atoms with Gasteiger partial charge in [-0.05, 0) is 86.3 Å². The van der Waals surface area contributed by atoms with Crippen LogP contribution in [0.2, 0.25) is 0 Å². The van der Waals surface area contributed by atoms with Gasteiger partial charge < -0.3 is 5.32 Å². The van der Waals surface area contributed by atoms with Crippen LogP contribution in [-0.2, 0) is 4.79 Å². The molecular formula is C26H25N3O2S. The van der Waals surface area contributed by atoms with Crippen molar-refractivity contribution in [3.05, 3.63) is 93.3 Å². The summed E-state index contributed by atoms with van der Waals surface area (Å²) in [5.41, 5.74) is 6.41. The van der Waals surface area contributed by atoms with Gasteiger partial charge in [-0.25, -0.2) is 4.98 Å². The Morgan fingerprint density at radius 2 is 1.66 bits per heavy atom. The zero-order valence-electron chi connectivity index (χ0n) is 18.6. The first kappa shape index (κ1) is 21.8. The van der Waals surface area contributed by atoms with Gasteiger partial charge in [0.2, 0.25) is 5.91 Å². The second-order valence-corrected chi connectivity index (χ2v) is 8.98. The minimum absolute atomic E-state index is 0.141. The van der Waals surface area contributed by atoms with Crippen LogP contribution in [0.1, 0.15) is 22.3 Å². The largest absolute Gasteiger partial charge is 0.325 e. The number of nitrogens with one attached hydrogen (secondary N) is 1. The summed E-state index contributed by atoms with van der Waals surface area (Å²) in [7, 11) is 0. The third-order valence-electron chi connectivity index (χ3n) is 5.33. The molecule has 0 bridgehead atoms. The first-order valence-corrected chi connectivity index (χ1v) is 11.4. The second-order valence-electron chi connectivity index (χ2n) is 8.03. The molecule has 0 saturated heterocycles. The van der Waals surface area contributed by atoms with Gasteiger partial charge in [-0.1, -0.05) is 36.0 Å². The fourth-order valence-electron chi connectivity index (χ4n) is 3.66. The SMILES string of the molecule is Cc1cc(C)cc(-n2c(SCC(=O)Nc3ccc(C)c(C)c3)nc3ccccc3c2=O)c1. The van der Waals surface area contributed by atoms with Crippen LogP contribution < -0.4 is 10.9 Å². The molecule has 162 valence electrons. The van der Waals surface area contributed by atoms with E-state index in [2.05, 4.69) is 11.4 Å². The first-order valence-electron chi connectivity index (χ1n) is 10.4. The van der Waals surface area contributed by atoms with Crippen molar-refractivity contribution in [2.45, 2.75) is 32.9 Å². The van der Waals surface area contributed by atoms with E-state index in [4.69, 9.17) is 4.98 Å². The van der Waals surface area contributed by atoms with Crippen molar-refractivity contribution in [2.75, 3.05) is 11.1 Å². The third-order valence-corrected chi connectivity index (χ3v) is 6.27. The molecular weight excluding hydrogens is 418 g/mol. The summed E-state index contributed by atoms with van der Waals surface area (Å²) in [4.78, 5) is 30.7. The molecule has 5 nitrogen and oxygen atoms in total. The Morgan fingerprint density at radius 3 is 2.38 bits per heavy atom. The highest BCUT2D eigenvalue weighted by Crippen LogP contribution is 2.23. The van der Waals surface area contributed by atoms with Crippen LogP contribution in [0.3, 0.4) is 0 Å². The van der Waals surface area contributed by atoms with Crippen molar-refractivity contribution < 1.29 is 4.79 Å². The lowest BCUT2D eigenvalue weighted by molar-refractivity contribution is -0.113. The highest BCUT2D eigenvalue weighted by atomic mass is 32.2. The molecule has 0 aliphatic rings. The average Bonchev–Trinajstić information content (AvgIpc) is 2.74. The molecule has 0 unspecified atom stereocenters. The summed E-state index contributed by atoms with van der Waals surface area (Å²) < 4.78 is 1.61. The van der Waals surface area contributed by atoms with Crippen molar-refractivity contribution in [2.24, 2.45) is 0 Å². The van der Waals surface area contributed by atoms with E-state index in [1.807, 2.05) is 76.2 Å². The number of carbonyl (C=O) groups is 1. The first-order chi connectivity index (χ1) is 15.3. The van der Waals surface area contributed by atoms with E-state index in [0.717, 1.165) is 28.1 Å². The Kier molecular flexibility index (Phi) is 6.15. The van der Waals surface area contributed by atoms with Crippen LogP contribution >= 0.6 is 11.8 Å². The maximum Gasteiger partial charge on any atom is 0.266 e. The van der Waals surface area contributed by atoms with E-state index in [9.17, 15) is 9.59 Å². The quantitative estimate of drug-likeness (QED) is 0.334. The molecule has 1 N–H and O–H groups in total. The second kappa shape index (κ2) is 9.01. The standard InChI is InChI=1S/C26H25N3O2S/c1-16-11-17(2)13-21(12-16)29-25(31)22-7-5-6-8-23(22)28-26(29)32-15-24(30)27-20-10-9-18(3)19(4)14-20/h5-14H,15H2,1-4H3,(H,27,30). The Bertz CT molecular complexity index is 1370. The summed E-state index contributed by atoms with van der Waals surface area (Å²) in [5.74, 6) is -0.00434. The zero-order chi connectivity index (χ0) is 22.8. The van der Waals surface area contributed by atoms with Crippen molar-refractivity contribution >= 4 is 34.3 Å². The molecule has 0 aliphatic heterocycles. The molecule has 1 heterocycles. The van der Waals surface area contributed by atoms with Crippen molar-refractivity contribution in [3.63, 3.8) is 0 Å². The molecule has 0 saturated carbocycles. The zero-order valence-corrected chi connectivity index (χ0v) is 19.4. The number of nitrogens with zero attached hydrogens (tertiary/aromatic N) is 2.